The van der Waals surface area contributed by atoms with Crippen molar-refractivity contribution in [2.45, 2.75) is 30.5 Å². The predicted molar refractivity (Wildman–Crippen MR) is 59.1 cm³/mol. The lowest BCUT2D eigenvalue weighted by Gasteiger charge is -2.40. The van der Waals surface area contributed by atoms with Crippen molar-refractivity contribution in [3.8, 4) is 0 Å². The second kappa shape index (κ2) is 5.29. The summed E-state index contributed by atoms with van der Waals surface area (Å²) in [7, 11) is 0. The summed E-state index contributed by atoms with van der Waals surface area (Å²) in [5.41, 5.74) is 0.340. The van der Waals surface area contributed by atoms with Crippen molar-refractivity contribution >= 4 is 0 Å². The van der Waals surface area contributed by atoms with Crippen LogP contribution in [-0.2, 0) is 4.74 Å². The molecule has 0 aromatic heterocycles. The van der Waals surface area contributed by atoms with Gasteiger partial charge in [-0.05, 0) is 17.7 Å². The fourth-order valence-electron chi connectivity index (χ4n) is 2.06. The summed E-state index contributed by atoms with van der Waals surface area (Å²) < 4.78 is 18.4. The van der Waals surface area contributed by atoms with Gasteiger partial charge in [-0.25, -0.2) is 4.39 Å². The molecular weight excluding hydrogens is 243 g/mol. The van der Waals surface area contributed by atoms with Crippen molar-refractivity contribution in [2.24, 2.45) is 0 Å². The second-order valence-electron chi connectivity index (χ2n) is 4.30. The van der Waals surface area contributed by atoms with E-state index in [0.29, 0.717) is 5.56 Å². The van der Waals surface area contributed by atoms with Gasteiger partial charge < -0.3 is 25.2 Å². The summed E-state index contributed by atoms with van der Waals surface area (Å²) in [6.07, 6.45) is -6.23. The highest BCUT2D eigenvalue weighted by atomic mass is 19.1. The van der Waals surface area contributed by atoms with Gasteiger partial charge in [0.15, 0.2) is 0 Å². The van der Waals surface area contributed by atoms with Crippen molar-refractivity contribution in [2.75, 3.05) is 6.61 Å². The molecule has 0 bridgehead atoms. The molecule has 0 spiro atoms. The fraction of sp³-hybridized carbons (Fsp3) is 0.500. The molecule has 1 heterocycles. The third kappa shape index (κ3) is 2.38. The summed E-state index contributed by atoms with van der Waals surface area (Å²) in [5, 5.41) is 38.1. The normalized spacial score (nSPS) is 36.6. The molecule has 1 aromatic rings. The number of ether oxygens (including phenoxy) is 1. The Kier molecular flexibility index (Phi) is 3.94. The van der Waals surface area contributed by atoms with E-state index in [2.05, 4.69) is 0 Å². The van der Waals surface area contributed by atoms with Gasteiger partial charge in [-0.3, -0.25) is 0 Å². The van der Waals surface area contributed by atoms with Crippen LogP contribution in [0.1, 0.15) is 11.7 Å². The van der Waals surface area contributed by atoms with Crippen LogP contribution in [0.15, 0.2) is 24.3 Å². The minimum atomic E-state index is -1.45. The first-order valence-electron chi connectivity index (χ1n) is 5.60. The summed E-state index contributed by atoms with van der Waals surface area (Å²) in [5.74, 6) is -0.496. The molecule has 5 nitrogen and oxygen atoms in total. The first kappa shape index (κ1) is 13.4. The van der Waals surface area contributed by atoms with Gasteiger partial charge in [0, 0.05) is 0 Å². The zero-order valence-electron chi connectivity index (χ0n) is 9.48. The van der Waals surface area contributed by atoms with Gasteiger partial charge in [0.05, 0.1) is 6.61 Å². The van der Waals surface area contributed by atoms with Crippen LogP contribution in [0.4, 0.5) is 4.39 Å². The van der Waals surface area contributed by atoms with Crippen LogP contribution in [0.5, 0.6) is 0 Å². The Hall–Kier alpha value is -1.05. The minimum absolute atomic E-state index is 0.340. The molecular formula is C12H15FO5. The molecule has 0 amide bonds. The van der Waals surface area contributed by atoms with E-state index >= 15 is 0 Å². The van der Waals surface area contributed by atoms with E-state index in [9.17, 15) is 19.7 Å². The predicted octanol–water partition coefficient (Wildman–Crippen LogP) is -0.659. The van der Waals surface area contributed by atoms with E-state index in [0.717, 1.165) is 0 Å². The SMILES string of the molecule is OCC1OC(c2cccc(F)c2)C(O)C(O)C1O. The number of rotatable bonds is 2. The van der Waals surface area contributed by atoms with Crippen LogP contribution >= 0.6 is 0 Å². The summed E-state index contributed by atoms with van der Waals surface area (Å²) in [6.45, 7) is -0.503. The fourth-order valence-corrected chi connectivity index (χ4v) is 2.06. The largest absolute Gasteiger partial charge is 0.394 e. The van der Waals surface area contributed by atoms with Gasteiger partial charge in [-0.15, -0.1) is 0 Å². The molecule has 100 valence electrons. The van der Waals surface area contributed by atoms with Gasteiger partial charge in [0.2, 0.25) is 0 Å². The molecule has 0 radical (unpaired) electrons. The van der Waals surface area contributed by atoms with E-state index in [1.54, 1.807) is 0 Å². The molecule has 18 heavy (non-hydrogen) atoms. The molecule has 1 aliphatic heterocycles. The molecule has 1 saturated heterocycles. The van der Waals surface area contributed by atoms with Gasteiger partial charge in [-0.2, -0.15) is 0 Å². The molecule has 1 fully saturated rings. The highest BCUT2D eigenvalue weighted by Crippen LogP contribution is 2.32. The van der Waals surface area contributed by atoms with Crippen LogP contribution < -0.4 is 0 Å². The third-order valence-electron chi connectivity index (χ3n) is 3.07. The summed E-state index contributed by atoms with van der Waals surface area (Å²) >= 11 is 0. The first-order chi connectivity index (χ1) is 8.54. The van der Waals surface area contributed by atoms with Crippen molar-refractivity contribution in [1.82, 2.24) is 0 Å². The van der Waals surface area contributed by atoms with E-state index in [4.69, 9.17) is 9.84 Å². The van der Waals surface area contributed by atoms with Crippen LogP contribution in [0.25, 0.3) is 0 Å². The lowest BCUT2D eigenvalue weighted by atomic mass is 9.91. The van der Waals surface area contributed by atoms with E-state index in [1.807, 2.05) is 0 Å². The number of benzene rings is 1. The Labute approximate surface area is 103 Å². The molecule has 0 aliphatic carbocycles. The maximum Gasteiger partial charge on any atom is 0.123 e. The Morgan fingerprint density at radius 2 is 1.83 bits per heavy atom. The molecule has 4 N–H and O–H groups in total. The molecule has 1 aromatic carbocycles. The average molecular weight is 258 g/mol. The van der Waals surface area contributed by atoms with Crippen LogP contribution in [0, 0.1) is 5.82 Å². The average Bonchev–Trinajstić information content (AvgIpc) is 2.36. The minimum Gasteiger partial charge on any atom is -0.394 e. The first-order valence-corrected chi connectivity index (χ1v) is 5.60. The molecule has 0 saturated carbocycles. The summed E-state index contributed by atoms with van der Waals surface area (Å²) in [6, 6.07) is 5.40. The monoisotopic (exact) mass is 258 g/mol. The highest BCUT2D eigenvalue weighted by molar-refractivity contribution is 5.21. The zero-order chi connectivity index (χ0) is 13.3. The summed E-state index contributed by atoms with van der Waals surface area (Å²) in [4.78, 5) is 0. The molecule has 6 heteroatoms. The molecule has 2 rings (SSSR count). The number of aliphatic hydroxyl groups excluding tert-OH is 4. The van der Waals surface area contributed by atoms with Crippen molar-refractivity contribution < 1.29 is 29.6 Å². The highest BCUT2D eigenvalue weighted by Gasteiger charge is 2.43. The third-order valence-corrected chi connectivity index (χ3v) is 3.07. The lowest BCUT2D eigenvalue weighted by Crippen LogP contribution is -2.55. The molecule has 1 aliphatic rings. The number of hydrogen-bond acceptors (Lipinski definition) is 5. The maximum atomic E-state index is 13.1. The Balaban J connectivity index is 2.27. The van der Waals surface area contributed by atoms with E-state index < -0.39 is 42.9 Å². The van der Waals surface area contributed by atoms with Crippen LogP contribution in [0.3, 0.4) is 0 Å². The Bertz CT molecular complexity index is 411. The lowest BCUT2D eigenvalue weighted by molar-refractivity contribution is -0.231. The number of aliphatic hydroxyl groups is 4. The van der Waals surface area contributed by atoms with Gasteiger partial charge >= 0.3 is 0 Å². The van der Waals surface area contributed by atoms with Crippen molar-refractivity contribution in [3.63, 3.8) is 0 Å². The van der Waals surface area contributed by atoms with Crippen LogP contribution in [0.2, 0.25) is 0 Å². The Morgan fingerprint density at radius 3 is 2.44 bits per heavy atom. The van der Waals surface area contributed by atoms with Crippen LogP contribution in [-0.4, -0.2) is 51.4 Å². The molecule has 5 unspecified atom stereocenters. The van der Waals surface area contributed by atoms with Gasteiger partial charge in [0.1, 0.15) is 36.3 Å². The van der Waals surface area contributed by atoms with Gasteiger partial charge in [0.25, 0.3) is 0 Å². The Morgan fingerprint density at radius 1 is 1.11 bits per heavy atom. The second-order valence-corrected chi connectivity index (χ2v) is 4.30. The van der Waals surface area contributed by atoms with Crippen molar-refractivity contribution in [3.05, 3.63) is 35.6 Å². The standard InChI is InChI=1S/C12H15FO5/c13-7-3-1-2-6(4-7)12-11(17)10(16)9(15)8(5-14)18-12/h1-4,8-12,14-17H,5H2. The smallest absolute Gasteiger partial charge is 0.123 e. The van der Waals surface area contributed by atoms with Crippen molar-refractivity contribution in [1.29, 1.82) is 0 Å². The number of hydrogen-bond donors (Lipinski definition) is 4. The topological polar surface area (TPSA) is 90.2 Å². The maximum absolute atomic E-state index is 13.1. The van der Waals surface area contributed by atoms with Gasteiger partial charge in [-0.1, -0.05) is 12.1 Å². The quantitative estimate of drug-likeness (QED) is 0.565. The number of halogens is 1. The van der Waals surface area contributed by atoms with E-state index in [1.165, 1.54) is 24.3 Å². The molecule has 5 atom stereocenters. The zero-order valence-corrected chi connectivity index (χ0v) is 9.48. The van der Waals surface area contributed by atoms with E-state index in [-0.39, 0.29) is 0 Å².